The highest BCUT2D eigenvalue weighted by atomic mass is 16.6. The quantitative estimate of drug-likeness (QED) is 0.666. The van der Waals surface area contributed by atoms with Crippen molar-refractivity contribution in [3.05, 3.63) is 30.3 Å². The summed E-state index contributed by atoms with van der Waals surface area (Å²) in [6.45, 7) is 5.54. The van der Waals surface area contributed by atoms with Crippen molar-refractivity contribution in [2.24, 2.45) is 0 Å². The van der Waals surface area contributed by atoms with E-state index < -0.39 is 0 Å². The average Bonchev–Trinajstić information content (AvgIpc) is 3.03. The van der Waals surface area contributed by atoms with E-state index >= 15 is 0 Å². The predicted octanol–water partition coefficient (Wildman–Crippen LogP) is 2.49. The normalized spacial score (nSPS) is 18.5. The minimum absolute atomic E-state index is 0.343. The van der Waals surface area contributed by atoms with Gasteiger partial charge in [-0.25, -0.2) is 0 Å². The Morgan fingerprint density at radius 2 is 1.92 bits per heavy atom. The number of epoxide rings is 1. The Bertz CT molecular complexity index is 217. The second-order valence-corrected chi connectivity index (χ2v) is 2.58. The Hall–Kier alpha value is -1.02. The van der Waals surface area contributed by atoms with Gasteiger partial charge in [0.1, 0.15) is 18.5 Å². The largest absolute Gasteiger partial charge is 0.491 e. The molecule has 1 aliphatic heterocycles. The van der Waals surface area contributed by atoms with Gasteiger partial charge in [-0.05, 0) is 12.1 Å². The van der Waals surface area contributed by atoms with E-state index in [-0.39, 0.29) is 0 Å². The fourth-order valence-electron chi connectivity index (χ4n) is 0.870. The number of benzene rings is 1. The summed E-state index contributed by atoms with van der Waals surface area (Å²) >= 11 is 0. The Labute approximate surface area is 79.5 Å². The topological polar surface area (TPSA) is 21.8 Å². The Kier molecular flexibility index (Phi) is 4.33. The van der Waals surface area contributed by atoms with Gasteiger partial charge in [-0.3, -0.25) is 0 Å². The van der Waals surface area contributed by atoms with Crippen molar-refractivity contribution in [3.63, 3.8) is 0 Å². The molecule has 0 radical (unpaired) electrons. The molecule has 0 aliphatic carbocycles. The van der Waals surface area contributed by atoms with Crippen molar-refractivity contribution in [3.8, 4) is 5.75 Å². The number of ether oxygens (including phenoxy) is 2. The summed E-state index contributed by atoms with van der Waals surface area (Å²) in [6, 6.07) is 9.79. The van der Waals surface area contributed by atoms with E-state index in [4.69, 9.17) is 9.47 Å². The van der Waals surface area contributed by atoms with E-state index in [1.807, 2.05) is 44.2 Å². The van der Waals surface area contributed by atoms with E-state index in [0.717, 1.165) is 12.4 Å². The third-order valence-corrected chi connectivity index (χ3v) is 1.58. The first-order chi connectivity index (χ1) is 6.45. The maximum Gasteiger partial charge on any atom is 0.119 e. The molecule has 1 aliphatic rings. The van der Waals surface area contributed by atoms with Gasteiger partial charge < -0.3 is 9.47 Å². The van der Waals surface area contributed by atoms with Crippen molar-refractivity contribution in [2.45, 2.75) is 20.0 Å². The van der Waals surface area contributed by atoms with Crippen LogP contribution in [-0.4, -0.2) is 19.3 Å². The summed E-state index contributed by atoms with van der Waals surface area (Å²) in [6.07, 6.45) is 0.343. The van der Waals surface area contributed by atoms with Gasteiger partial charge in [0.05, 0.1) is 6.61 Å². The van der Waals surface area contributed by atoms with Crippen LogP contribution in [0.25, 0.3) is 0 Å². The van der Waals surface area contributed by atoms with Crippen molar-refractivity contribution in [1.29, 1.82) is 0 Å². The molecular formula is C11H16O2. The average molecular weight is 180 g/mol. The maximum atomic E-state index is 5.40. The second-order valence-electron chi connectivity index (χ2n) is 2.58. The lowest BCUT2D eigenvalue weighted by Gasteiger charge is -2.01. The summed E-state index contributed by atoms with van der Waals surface area (Å²) in [5.74, 6) is 0.919. The highest BCUT2D eigenvalue weighted by Gasteiger charge is 2.22. The lowest BCUT2D eigenvalue weighted by atomic mass is 10.3. The van der Waals surface area contributed by atoms with Gasteiger partial charge in [0.2, 0.25) is 0 Å². The molecule has 13 heavy (non-hydrogen) atoms. The molecular weight excluding hydrogens is 164 g/mol. The molecule has 0 aromatic heterocycles. The number of para-hydroxylation sites is 1. The molecule has 1 aromatic rings. The molecule has 0 amide bonds. The van der Waals surface area contributed by atoms with E-state index in [1.165, 1.54) is 0 Å². The van der Waals surface area contributed by atoms with E-state index in [1.54, 1.807) is 0 Å². The molecule has 2 heteroatoms. The molecule has 0 unspecified atom stereocenters. The zero-order valence-electron chi connectivity index (χ0n) is 8.19. The molecule has 0 bridgehead atoms. The number of hydrogen-bond donors (Lipinski definition) is 0. The predicted molar refractivity (Wildman–Crippen MR) is 53.0 cm³/mol. The van der Waals surface area contributed by atoms with Crippen LogP contribution < -0.4 is 4.74 Å². The van der Waals surface area contributed by atoms with Crippen LogP contribution in [0.2, 0.25) is 0 Å². The minimum atomic E-state index is 0.343. The molecule has 1 saturated heterocycles. The zero-order valence-corrected chi connectivity index (χ0v) is 8.19. The van der Waals surface area contributed by atoms with Crippen LogP contribution in [0.5, 0.6) is 5.75 Å². The highest BCUT2D eigenvalue weighted by molar-refractivity contribution is 5.20. The molecule has 1 fully saturated rings. The number of hydrogen-bond acceptors (Lipinski definition) is 2. The van der Waals surface area contributed by atoms with Gasteiger partial charge >= 0.3 is 0 Å². The van der Waals surface area contributed by atoms with Crippen molar-refractivity contribution >= 4 is 0 Å². The monoisotopic (exact) mass is 180 g/mol. The molecule has 0 spiro atoms. The summed E-state index contributed by atoms with van der Waals surface area (Å²) in [4.78, 5) is 0. The SMILES string of the molecule is CC.c1ccc(OC[C@@H]2CO2)cc1. The standard InChI is InChI=1S/C9H10O2.C2H6/c1-2-4-8(5-3-1)10-6-9-7-11-9;1-2/h1-5,9H,6-7H2;1-2H3/t9-;/m1./s1. The van der Waals surface area contributed by atoms with Gasteiger partial charge in [-0.15, -0.1) is 0 Å². The van der Waals surface area contributed by atoms with E-state index in [9.17, 15) is 0 Å². The van der Waals surface area contributed by atoms with Crippen LogP contribution in [-0.2, 0) is 4.74 Å². The molecule has 2 rings (SSSR count). The van der Waals surface area contributed by atoms with Gasteiger partial charge in [0.15, 0.2) is 0 Å². The van der Waals surface area contributed by atoms with Crippen molar-refractivity contribution < 1.29 is 9.47 Å². The molecule has 1 aromatic carbocycles. The maximum absolute atomic E-state index is 5.40. The molecule has 1 atom stereocenters. The summed E-state index contributed by atoms with van der Waals surface area (Å²) < 4.78 is 10.4. The highest BCUT2D eigenvalue weighted by Crippen LogP contribution is 2.13. The first kappa shape index (κ1) is 10.1. The van der Waals surface area contributed by atoms with Crippen LogP contribution in [0.15, 0.2) is 30.3 Å². The molecule has 0 N–H and O–H groups in total. The van der Waals surface area contributed by atoms with Crippen molar-refractivity contribution in [2.75, 3.05) is 13.2 Å². The van der Waals surface area contributed by atoms with Gasteiger partial charge in [-0.1, -0.05) is 32.0 Å². The lowest BCUT2D eigenvalue weighted by molar-refractivity contribution is 0.263. The fraction of sp³-hybridized carbons (Fsp3) is 0.455. The Morgan fingerprint density at radius 3 is 2.46 bits per heavy atom. The molecule has 0 saturated carbocycles. The van der Waals surface area contributed by atoms with Crippen molar-refractivity contribution in [1.82, 2.24) is 0 Å². The third kappa shape index (κ3) is 3.95. The minimum Gasteiger partial charge on any atom is -0.491 e. The summed E-state index contributed by atoms with van der Waals surface area (Å²) in [5, 5.41) is 0. The Morgan fingerprint density at radius 1 is 1.31 bits per heavy atom. The van der Waals surface area contributed by atoms with E-state index in [0.29, 0.717) is 12.7 Å². The van der Waals surface area contributed by atoms with Crippen LogP contribution in [0.3, 0.4) is 0 Å². The molecule has 72 valence electrons. The zero-order chi connectivity index (χ0) is 9.52. The first-order valence-electron chi connectivity index (χ1n) is 4.74. The fourth-order valence-corrected chi connectivity index (χ4v) is 0.870. The van der Waals surface area contributed by atoms with Crippen LogP contribution in [0.1, 0.15) is 13.8 Å². The van der Waals surface area contributed by atoms with Crippen LogP contribution in [0.4, 0.5) is 0 Å². The summed E-state index contributed by atoms with van der Waals surface area (Å²) in [7, 11) is 0. The van der Waals surface area contributed by atoms with Gasteiger partial charge in [0.25, 0.3) is 0 Å². The molecule has 2 nitrogen and oxygen atoms in total. The summed E-state index contributed by atoms with van der Waals surface area (Å²) in [5.41, 5.74) is 0. The first-order valence-corrected chi connectivity index (χ1v) is 4.74. The third-order valence-electron chi connectivity index (χ3n) is 1.58. The van der Waals surface area contributed by atoms with Gasteiger partial charge in [0, 0.05) is 0 Å². The van der Waals surface area contributed by atoms with Crippen LogP contribution in [0, 0.1) is 0 Å². The Balaban J connectivity index is 0.000000396. The van der Waals surface area contributed by atoms with E-state index in [2.05, 4.69) is 0 Å². The smallest absolute Gasteiger partial charge is 0.119 e. The van der Waals surface area contributed by atoms with Gasteiger partial charge in [-0.2, -0.15) is 0 Å². The second kappa shape index (κ2) is 5.60. The van der Waals surface area contributed by atoms with Crippen LogP contribution >= 0.6 is 0 Å². The molecule has 1 heterocycles. The lowest BCUT2D eigenvalue weighted by Crippen LogP contribution is -2.03. The number of rotatable bonds is 3.